The molecule has 0 bridgehead atoms. The number of carbonyl (C=O) groups excluding carboxylic acids is 7. The van der Waals surface area contributed by atoms with E-state index < -0.39 is 108 Å². The lowest BCUT2D eigenvalue weighted by molar-refractivity contribution is -0.136. The summed E-state index contributed by atoms with van der Waals surface area (Å²) in [5.41, 5.74) is 15.0. The number of aromatic nitrogens is 1. The largest absolute Gasteiger partial charge is 0.394 e. The van der Waals surface area contributed by atoms with Gasteiger partial charge in [0.1, 0.15) is 36.3 Å². The standard InChI is InChI=1S/C49H66N10O10S2/c1-28(61)39(25-60)56-48(68)41-27-71-70-26-40(57-43(63)34(51)21-30-13-5-3-6-14-30)47(67)54-37(22-31-15-7-4-8-16-31)45(65)55-38(23-32-24-52-35-18-10-9-17-33(32)35)46(66)53-36(19-11-12-20-50)44(64)59-42(29(2)62)49(69)58-41/h3-10,13-18,24,28-29,34,36-42,52,60-62H,11-12,19-23,25-27,50-51H2,1-2H3,(H,53,66)(H,54,67)(H,55,65)(H,56,68)(H,57,63)(H,58,69)(H,59,64)/t28-,29-,34-,36+,37+,38-,39-,40-,41+,42+/m1/s1. The second-order valence-electron chi connectivity index (χ2n) is 17.5. The summed E-state index contributed by atoms with van der Waals surface area (Å²) in [4.78, 5) is 103. The fourth-order valence-corrected chi connectivity index (χ4v) is 10.1. The molecule has 22 heteroatoms. The van der Waals surface area contributed by atoms with Crippen LogP contribution in [-0.4, -0.2) is 147 Å². The van der Waals surface area contributed by atoms with Crippen molar-refractivity contribution in [1.82, 2.24) is 42.2 Å². The van der Waals surface area contributed by atoms with Crippen molar-refractivity contribution in [2.45, 2.75) is 113 Å². The summed E-state index contributed by atoms with van der Waals surface area (Å²) in [6.45, 7) is 2.23. The molecule has 7 amide bonds. The maximum Gasteiger partial charge on any atom is 0.245 e. The zero-order valence-corrected chi connectivity index (χ0v) is 41.3. The van der Waals surface area contributed by atoms with Crippen LogP contribution in [0.3, 0.4) is 0 Å². The second kappa shape index (κ2) is 28.1. The second-order valence-corrected chi connectivity index (χ2v) is 20.0. The van der Waals surface area contributed by atoms with E-state index in [1.54, 1.807) is 60.8 Å². The van der Waals surface area contributed by atoms with Gasteiger partial charge in [0.15, 0.2) is 0 Å². The van der Waals surface area contributed by atoms with Crippen molar-refractivity contribution in [2.75, 3.05) is 24.7 Å². The summed E-state index contributed by atoms with van der Waals surface area (Å²) >= 11 is 0. The molecule has 1 fully saturated rings. The van der Waals surface area contributed by atoms with Gasteiger partial charge in [-0.15, -0.1) is 0 Å². The molecule has 1 aliphatic rings. The third kappa shape index (κ3) is 17.1. The van der Waals surface area contributed by atoms with E-state index in [4.69, 9.17) is 11.5 Å². The molecule has 71 heavy (non-hydrogen) atoms. The first-order chi connectivity index (χ1) is 34.1. The van der Waals surface area contributed by atoms with Crippen molar-refractivity contribution in [1.29, 1.82) is 0 Å². The minimum absolute atomic E-state index is 0.0340. The number of aliphatic hydroxyl groups excluding tert-OH is 3. The predicted molar refractivity (Wildman–Crippen MR) is 272 cm³/mol. The van der Waals surface area contributed by atoms with Crippen molar-refractivity contribution in [2.24, 2.45) is 11.5 Å². The summed E-state index contributed by atoms with van der Waals surface area (Å²) in [5, 5.41) is 50.5. The summed E-state index contributed by atoms with van der Waals surface area (Å²) in [6, 6.07) is 14.6. The van der Waals surface area contributed by atoms with Crippen LogP contribution in [0.15, 0.2) is 91.1 Å². The van der Waals surface area contributed by atoms with Gasteiger partial charge in [0.2, 0.25) is 41.4 Å². The van der Waals surface area contributed by atoms with Crippen LogP contribution in [0, 0.1) is 0 Å². The molecule has 1 aromatic heterocycles. The fourth-order valence-electron chi connectivity index (χ4n) is 7.73. The number of amides is 7. The van der Waals surface area contributed by atoms with Gasteiger partial charge in [-0.3, -0.25) is 33.6 Å². The molecule has 0 radical (unpaired) electrons. The average molecular weight is 1020 g/mol. The number of para-hydroxylation sites is 1. The van der Waals surface area contributed by atoms with E-state index in [2.05, 4.69) is 42.2 Å². The van der Waals surface area contributed by atoms with Gasteiger partial charge in [-0.05, 0) is 68.8 Å². The van der Waals surface area contributed by atoms with Crippen LogP contribution in [0.2, 0.25) is 0 Å². The smallest absolute Gasteiger partial charge is 0.245 e. The van der Waals surface area contributed by atoms with Crippen LogP contribution in [0.4, 0.5) is 0 Å². The minimum atomic E-state index is -1.66. The van der Waals surface area contributed by atoms with E-state index in [0.29, 0.717) is 24.0 Å². The molecule has 5 rings (SSSR count). The van der Waals surface area contributed by atoms with Crippen LogP contribution < -0.4 is 48.7 Å². The van der Waals surface area contributed by atoms with E-state index in [9.17, 15) is 48.9 Å². The number of fused-ring (bicyclic) bond motifs is 1. The van der Waals surface area contributed by atoms with Gasteiger partial charge in [0.25, 0.3) is 0 Å². The first-order valence-electron chi connectivity index (χ1n) is 23.5. The average Bonchev–Trinajstić information content (AvgIpc) is 3.76. The van der Waals surface area contributed by atoms with Gasteiger partial charge in [-0.2, -0.15) is 0 Å². The molecule has 2 heterocycles. The monoisotopic (exact) mass is 1020 g/mol. The van der Waals surface area contributed by atoms with Crippen LogP contribution in [0.5, 0.6) is 0 Å². The van der Waals surface area contributed by atoms with Gasteiger partial charge in [0.05, 0.1) is 30.9 Å². The van der Waals surface area contributed by atoms with E-state index >= 15 is 0 Å². The number of H-pyrrole nitrogens is 1. The number of hydrogen-bond donors (Lipinski definition) is 13. The van der Waals surface area contributed by atoms with Crippen LogP contribution in [0.1, 0.15) is 49.8 Å². The number of rotatable bonds is 17. The zero-order valence-electron chi connectivity index (χ0n) is 39.7. The van der Waals surface area contributed by atoms with Gasteiger partial charge >= 0.3 is 0 Å². The molecule has 1 aliphatic heterocycles. The molecule has 0 spiro atoms. The normalized spacial score (nSPS) is 22.8. The van der Waals surface area contributed by atoms with E-state index in [-0.39, 0.29) is 43.7 Å². The van der Waals surface area contributed by atoms with Crippen molar-refractivity contribution < 1.29 is 48.9 Å². The molecule has 4 aromatic rings. The van der Waals surface area contributed by atoms with Crippen molar-refractivity contribution in [3.05, 3.63) is 108 Å². The molecule has 0 aliphatic carbocycles. The van der Waals surface area contributed by atoms with Gasteiger partial charge in [-0.1, -0.05) is 100 Å². The molecule has 1 saturated heterocycles. The number of hydrogen-bond acceptors (Lipinski definition) is 14. The van der Waals surface area contributed by atoms with Crippen molar-refractivity contribution in [3.8, 4) is 0 Å². The quantitative estimate of drug-likeness (QED) is 0.0455. The van der Waals surface area contributed by atoms with E-state index in [0.717, 1.165) is 38.1 Å². The number of unbranched alkanes of at least 4 members (excludes halogenated alkanes) is 1. The lowest BCUT2D eigenvalue weighted by atomic mass is 10.0. The summed E-state index contributed by atoms with van der Waals surface area (Å²) in [7, 11) is 2.06. The molecule has 3 aromatic carbocycles. The Morgan fingerprint density at radius 2 is 1.31 bits per heavy atom. The first-order valence-corrected chi connectivity index (χ1v) is 26.0. The van der Waals surface area contributed by atoms with Gasteiger partial charge in [0, 0.05) is 41.4 Å². The van der Waals surface area contributed by atoms with Gasteiger partial charge < -0.3 is 69.0 Å². The molecule has 0 unspecified atom stereocenters. The lowest BCUT2D eigenvalue weighted by Crippen LogP contribution is -2.62. The molecule has 20 nitrogen and oxygen atoms in total. The summed E-state index contributed by atoms with van der Waals surface area (Å²) < 4.78 is 0. The summed E-state index contributed by atoms with van der Waals surface area (Å²) in [6.07, 6.45) is -0.156. The Balaban J connectivity index is 1.56. The number of aromatic amines is 1. The maximum atomic E-state index is 14.7. The summed E-state index contributed by atoms with van der Waals surface area (Å²) in [5.74, 6) is -6.01. The number of nitrogens with one attached hydrogen (secondary N) is 8. The lowest BCUT2D eigenvalue weighted by Gasteiger charge is -2.29. The Hall–Kier alpha value is -6.01. The third-order valence-corrected chi connectivity index (χ3v) is 14.3. The highest BCUT2D eigenvalue weighted by Crippen LogP contribution is 2.24. The van der Waals surface area contributed by atoms with Crippen molar-refractivity contribution >= 4 is 73.8 Å². The number of carbonyl (C=O) groups is 7. The first kappa shape index (κ1) is 55.9. The fraction of sp³-hybridized carbons (Fsp3) is 0.449. The Labute approximate surface area is 420 Å². The third-order valence-electron chi connectivity index (χ3n) is 11.9. The Bertz CT molecular complexity index is 2400. The number of aliphatic hydroxyl groups is 3. The molecular formula is C49H66N10O10S2. The highest BCUT2D eigenvalue weighted by molar-refractivity contribution is 8.76. The molecule has 15 N–H and O–H groups in total. The van der Waals surface area contributed by atoms with Gasteiger partial charge in [-0.25, -0.2) is 0 Å². The zero-order chi connectivity index (χ0) is 51.5. The molecule has 10 atom stereocenters. The number of nitrogens with two attached hydrogens (primary N) is 2. The van der Waals surface area contributed by atoms with Crippen LogP contribution in [-0.2, 0) is 52.8 Å². The van der Waals surface area contributed by atoms with Crippen LogP contribution in [0.25, 0.3) is 10.9 Å². The predicted octanol–water partition coefficient (Wildman–Crippen LogP) is -0.805. The highest BCUT2D eigenvalue weighted by Gasteiger charge is 2.36. The maximum absolute atomic E-state index is 14.7. The van der Waals surface area contributed by atoms with E-state index in [1.807, 2.05) is 30.3 Å². The Morgan fingerprint density at radius 3 is 1.96 bits per heavy atom. The van der Waals surface area contributed by atoms with E-state index in [1.165, 1.54) is 13.8 Å². The highest BCUT2D eigenvalue weighted by atomic mass is 33.1. The Morgan fingerprint density at radius 1 is 0.718 bits per heavy atom. The van der Waals surface area contributed by atoms with Crippen molar-refractivity contribution in [3.63, 3.8) is 0 Å². The SMILES string of the molecule is C[C@@H](O)[C@@H]1NC(=O)[C@H](CCCCN)NC(=O)[C@@H](Cc2c[nH]c3ccccc23)NC(=O)[C@H](Cc2ccccc2)NC(=O)[C@H](NC(=O)[C@H](N)Cc2ccccc2)CSSC[C@@H](C(=O)N[C@H](CO)[C@@H](C)O)NC1=O. The topological polar surface area (TPSA) is 332 Å². The van der Waals surface area contributed by atoms with Crippen LogP contribution >= 0.6 is 21.6 Å². The minimum Gasteiger partial charge on any atom is -0.394 e. The molecule has 384 valence electrons. The Kier molecular flexibility index (Phi) is 22.2. The number of benzene rings is 3. The molecule has 0 saturated carbocycles. The molecular weight excluding hydrogens is 953 g/mol.